The highest BCUT2D eigenvalue weighted by Gasteiger charge is 2.08. The number of amides is 1. The van der Waals surface area contributed by atoms with Gasteiger partial charge >= 0.3 is 0 Å². The van der Waals surface area contributed by atoms with E-state index >= 15 is 0 Å². The van der Waals surface area contributed by atoms with E-state index in [-0.39, 0.29) is 19.1 Å². The molecule has 122 valence electrons. The zero-order chi connectivity index (χ0) is 16.8. The van der Waals surface area contributed by atoms with Gasteiger partial charge in [0.15, 0.2) is 6.61 Å². The third kappa shape index (κ3) is 4.39. The molecular weight excluding hydrogens is 306 g/mol. The Morgan fingerprint density at radius 2 is 1.88 bits per heavy atom. The fourth-order valence-electron chi connectivity index (χ4n) is 2.03. The second kappa shape index (κ2) is 7.36. The van der Waals surface area contributed by atoms with Crippen molar-refractivity contribution in [2.45, 2.75) is 20.1 Å². The second-order valence-corrected chi connectivity index (χ2v) is 5.25. The van der Waals surface area contributed by atoms with Crippen LogP contribution in [0.25, 0.3) is 0 Å². The molecule has 2 aromatic carbocycles. The Hall–Kier alpha value is -3.22. The van der Waals surface area contributed by atoms with Crippen LogP contribution in [0.15, 0.2) is 54.6 Å². The van der Waals surface area contributed by atoms with E-state index in [1.165, 1.54) is 4.80 Å². The number of carbonyl (C=O) groups excluding carboxylic acids is 1. The van der Waals surface area contributed by atoms with Crippen molar-refractivity contribution in [2.24, 2.45) is 0 Å². The highest BCUT2D eigenvalue weighted by molar-refractivity contribution is 5.90. The van der Waals surface area contributed by atoms with Crippen molar-refractivity contribution in [2.75, 3.05) is 5.32 Å². The van der Waals surface area contributed by atoms with E-state index in [0.29, 0.717) is 5.82 Å². The molecule has 0 bridgehead atoms. The lowest BCUT2D eigenvalue weighted by atomic mass is 10.2. The molecule has 1 aromatic heterocycles. The maximum absolute atomic E-state index is 12.0. The number of hydrogen-bond donors (Lipinski definition) is 1. The van der Waals surface area contributed by atoms with E-state index in [9.17, 15) is 4.79 Å². The van der Waals surface area contributed by atoms with Crippen LogP contribution in [0.3, 0.4) is 0 Å². The van der Waals surface area contributed by atoms with Crippen LogP contribution in [0.2, 0.25) is 0 Å². The number of carbonyl (C=O) groups is 1. The normalized spacial score (nSPS) is 10.4. The van der Waals surface area contributed by atoms with E-state index in [1.807, 2.05) is 61.5 Å². The highest BCUT2D eigenvalue weighted by Crippen LogP contribution is 2.10. The van der Waals surface area contributed by atoms with Crippen molar-refractivity contribution in [1.82, 2.24) is 20.2 Å². The largest absolute Gasteiger partial charge is 0.485 e. The zero-order valence-electron chi connectivity index (χ0n) is 13.2. The number of benzene rings is 2. The molecule has 0 aliphatic heterocycles. The number of aryl methyl sites for hydroxylation is 1. The van der Waals surface area contributed by atoms with Crippen LogP contribution in [0.5, 0.6) is 5.75 Å². The molecule has 1 heterocycles. The van der Waals surface area contributed by atoms with Crippen LogP contribution in [-0.2, 0) is 17.9 Å². The van der Waals surface area contributed by atoms with Gasteiger partial charge in [-0.1, -0.05) is 35.9 Å². The van der Waals surface area contributed by atoms with Gasteiger partial charge in [-0.05, 0) is 36.4 Å². The van der Waals surface area contributed by atoms with Gasteiger partial charge in [-0.25, -0.2) is 0 Å². The minimum absolute atomic E-state index is 0.00772. The van der Waals surface area contributed by atoms with Crippen LogP contribution >= 0.6 is 0 Å². The van der Waals surface area contributed by atoms with Crippen LogP contribution in [0.1, 0.15) is 11.4 Å². The molecular formula is C17H17N5O2. The van der Waals surface area contributed by atoms with E-state index in [4.69, 9.17) is 4.74 Å². The molecule has 7 nitrogen and oxygen atoms in total. The molecule has 0 fully saturated rings. The summed E-state index contributed by atoms with van der Waals surface area (Å²) in [6.45, 7) is 2.18. The summed E-state index contributed by atoms with van der Waals surface area (Å²) in [6, 6.07) is 16.9. The molecule has 0 saturated carbocycles. The van der Waals surface area contributed by atoms with Crippen molar-refractivity contribution >= 4 is 11.6 Å². The Morgan fingerprint density at radius 3 is 2.62 bits per heavy atom. The van der Waals surface area contributed by atoms with Gasteiger partial charge in [-0.15, -0.1) is 10.2 Å². The summed E-state index contributed by atoms with van der Waals surface area (Å²) in [4.78, 5) is 13.2. The number of nitrogens with zero attached hydrogens (tertiary/aromatic N) is 4. The van der Waals surface area contributed by atoms with Crippen molar-refractivity contribution in [1.29, 1.82) is 0 Å². The summed E-state index contributed by atoms with van der Waals surface area (Å²) >= 11 is 0. The van der Waals surface area contributed by atoms with E-state index in [2.05, 4.69) is 20.7 Å². The summed E-state index contributed by atoms with van der Waals surface area (Å²) in [5, 5.41) is 14.7. The number of aromatic nitrogens is 4. The second-order valence-electron chi connectivity index (χ2n) is 5.25. The predicted molar refractivity (Wildman–Crippen MR) is 88.4 cm³/mol. The summed E-state index contributed by atoms with van der Waals surface area (Å²) in [5.74, 6) is 0.930. The lowest BCUT2D eigenvalue weighted by molar-refractivity contribution is -0.117. The minimum Gasteiger partial charge on any atom is -0.485 e. The molecule has 0 atom stereocenters. The smallest absolute Gasteiger partial charge is 0.248 e. The standard InChI is InChI=1S/C17H17N5O2/c1-13-7-9-14(10-8-13)18-17(23)11-22-20-16(19-21-22)12-24-15-5-3-2-4-6-15/h2-10H,11-12H2,1H3,(H,18,23). The van der Waals surface area contributed by atoms with E-state index in [1.54, 1.807) is 0 Å². The first-order valence-electron chi connectivity index (χ1n) is 7.50. The number of rotatable bonds is 6. The lowest BCUT2D eigenvalue weighted by Gasteiger charge is -2.04. The topological polar surface area (TPSA) is 81.9 Å². The Kier molecular flexibility index (Phi) is 4.81. The Bertz CT molecular complexity index is 799. The molecule has 0 saturated heterocycles. The van der Waals surface area contributed by atoms with Gasteiger partial charge in [0.05, 0.1) is 0 Å². The highest BCUT2D eigenvalue weighted by atomic mass is 16.5. The number of anilines is 1. The molecule has 3 rings (SSSR count). The molecule has 0 unspecified atom stereocenters. The third-order valence-corrected chi connectivity index (χ3v) is 3.23. The van der Waals surface area contributed by atoms with E-state index in [0.717, 1.165) is 17.0 Å². The van der Waals surface area contributed by atoms with Gasteiger partial charge in [0, 0.05) is 5.69 Å². The number of para-hydroxylation sites is 1. The maximum atomic E-state index is 12.0. The van der Waals surface area contributed by atoms with Crippen molar-refractivity contribution < 1.29 is 9.53 Å². The predicted octanol–water partition coefficient (Wildman–Crippen LogP) is 2.20. The van der Waals surface area contributed by atoms with Crippen LogP contribution < -0.4 is 10.1 Å². The summed E-state index contributed by atoms with van der Waals surface area (Å²) < 4.78 is 5.54. The third-order valence-electron chi connectivity index (χ3n) is 3.23. The van der Waals surface area contributed by atoms with Crippen LogP contribution in [0.4, 0.5) is 5.69 Å². The quantitative estimate of drug-likeness (QED) is 0.752. The summed E-state index contributed by atoms with van der Waals surface area (Å²) in [6.07, 6.45) is 0. The van der Waals surface area contributed by atoms with Crippen molar-refractivity contribution in [3.63, 3.8) is 0 Å². The Labute approximate surface area is 139 Å². The molecule has 1 N–H and O–H groups in total. The monoisotopic (exact) mass is 323 g/mol. The van der Waals surface area contributed by atoms with Gasteiger partial charge in [-0.3, -0.25) is 4.79 Å². The van der Waals surface area contributed by atoms with Gasteiger partial charge in [0.2, 0.25) is 11.7 Å². The number of ether oxygens (including phenoxy) is 1. The Morgan fingerprint density at radius 1 is 1.12 bits per heavy atom. The van der Waals surface area contributed by atoms with Crippen molar-refractivity contribution in [3.05, 3.63) is 66.0 Å². The van der Waals surface area contributed by atoms with E-state index < -0.39 is 0 Å². The first-order valence-corrected chi connectivity index (χ1v) is 7.50. The average Bonchev–Trinajstić information content (AvgIpc) is 3.03. The minimum atomic E-state index is -0.216. The molecule has 24 heavy (non-hydrogen) atoms. The van der Waals surface area contributed by atoms with Crippen LogP contribution in [0, 0.1) is 6.92 Å². The molecule has 0 aliphatic carbocycles. The van der Waals surface area contributed by atoms with Gasteiger partial charge in [-0.2, -0.15) is 4.80 Å². The van der Waals surface area contributed by atoms with Gasteiger partial charge in [0.25, 0.3) is 0 Å². The molecule has 0 radical (unpaired) electrons. The molecule has 7 heteroatoms. The van der Waals surface area contributed by atoms with Crippen molar-refractivity contribution in [3.8, 4) is 5.75 Å². The number of nitrogens with one attached hydrogen (secondary N) is 1. The van der Waals surface area contributed by atoms with Crippen LogP contribution in [-0.4, -0.2) is 26.1 Å². The summed E-state index contributed by atoms with van der Waals surface area (Å²) in [7, 11) is 0. The number of tetrazole rings is 1. The lowest BCUT2D eigenvalue weighted by Crippen LogP contribution is -2.20. The molecule has 0 aliphatic rings. The fourth-order valence-corrected chi connectivity index (χ4v) is 2.03. The zero-order valence-corrected chi connectivity index (χ0v) is 13.2. The molecule has 1 amide bonds. The van der Waals surface area contributed by atoms with Gasteiger partial charge < -0.3 is 10.1 Å². The SMILES string of the molecule is Cc1ccc(NC(=O)Cn2nnc(COc3ccccc3)n2)cc1. The Balaban J connectivity index is 1.51. The van der Waals surface area contributed by atoms with Gasteiger partial charge in [0.1, 0.15) is 12.3 Å². The molecule has 3 aromatic rings. The first-order chi connectivity index (χ1) is 11.7. The fraction of sp³-hybridized carbons (Fsp3) is 0.176. The summed E-state index contributed by atoms with van der Waals surface area (Å²) in [5.41, 5.74) is 1.87. The molecule has 0 spiro atoms. The maximum Gasteiger partial charge on any atom is 0.248 e. The first kappa shape index (κ1) is 15.7. The average molecular weight is 323 g/mol. The number of hydrogen-bond acceptors (Lipinski definition) is 5.